The highest BCUT2D eigenvalue weighted by molar-refractivity contribution is 7.80. The van der Waals surface area contributed by atoms with E-state index in [1.165, 1.54) is 0 Å². The largest absolute Gasteiger partial charge is 0.395 e. The molecule has 21 heavy (non-hydrogen) atoms. The molecule has 6 heteroatoms. The summed E-state index contributed by atoms with van der Waals surface area (Å²) in [6.07, 6.45) is 1.02. The molecule has 1 aliphatic rings. The van der Waals surface area contributed by atoms with Crippen molar-refractivity contribution in [3.05, 3.63) is 35.1 Å². The number of β-amino-alcohol motifs (C(OH)–C–C–N with tert-alkyl or cyclic N) is 1. The zero-order valence-corrected chi connectivity index (χ0v) is 12.9. The van der Waals surface area contributed by atoms with Crippen molar-refractivity contribution in [2.45, 2.75) is 13.0 Å². The van der Waals surface area contributed by atoms with Crippen molar-refractivity contribution in [3.63, 3.8) is 0 Å². The highest BCUT2D eigenvalue weighted by atomic mass is 32.1. The molecule has 1 fully saturated rings. The molecule has 1 aromatic carbocycles. The van der Waals surface area contributed by atoms with Gasteiger partial charge in [-0.3, -0.25) is 9.80 Å². The summed E-state index contributed by atoms with van der Waals surface area (Å²) in [5.74, 6) is -0.304. The second-order valence-electron chi connectivity index (χ2n) is 5.34. The molecule has 0 radical (unpaired) electrons. The summed E-state index contributed by atoms with van der Waals surface area (Å²) in [5.41, 5.74) is 6.49. The van der Waals surface area contributed by atoms with Crippen LogP contribution in [0.25, 0.3) is 0 Å². The van der Waals surface area contributed by atoms with E-state index in [-0.39, 0.29) is 17.4 Å². The Morgan fingerprint density at radius 2 is 1.95 bits per heavy atom. The van der Waals surface area contributed by atoms with Gasteiger partial charge in [-0.1, -0.05) is 24.4 Å². The SMILES string of the molecule is NC(=S)c1cccc(CN2CCCN(CCO)CC2)c1F. The Bertz CT molecular complexity index is 498. The molecule has 2 rings (SSSR count). The van der Waals surface area contributed by atoms with Crippen LogP contribution in [0.4, 0.5) is 4.39 Å². The van der Waals surface area contributed by atoms with E-state index >= 15 is 0 Å². The smallest absolute Gasteiger partial charge is 0.137 e. The summed E-state index contributed by atoms with van der Waals surface area (Å²) in [7, 11) is 0. The van der Waals surface area contributed by atoms with Crippen LogP contribution in [0.3, 0.4) is 0 Å². The first-order chi connectivity index (χ1) is 10.1. The molecular formula is C15H22FN3OS. The fraction of sp³-hybridized carbons (Fsp3) is 0.533. The molecule has 0 bridgehead atoms. The van der Waals surface area contributed by atoms with Crippen molar-refractivity contribution < 1.29 is 9.50 Å². The molecule has 0 amide bonds. The second kappa shape index (κ2) is 7.79. The van der Waals surface area contributed by atoms with Gasteiger partial charge in [0.05, 0.1) is 6.61 Å². The van der Waals surface area contributed by atoms with Crippen LogP contribution in [-0.2, 0) is 6.54 Å². The Morgan fingerprint density at radius 1 is 1.24 bits per heavy atom. The molecule has 0 saturated carbocycles. The highest BCUT2D eigenvalue weighted by Gasteiger charge is 2.17. The summed E-state index contributed by atoms with van der Waals surface area (Å²) in [6.45, 7) is 5.14. The van der Waals surface area contributed by atoms with E-state index in [4.69, 9.17) is 23.1 Å². The van der Waals surface area contributed by atoms with E-state index in [0.717, 1.165) is 32.6 Å². The van der Waals surface area contributed by atoms with Crippen LogP contribution in [0.2, 0.25) is 0 Å². The molecule has 0 aromatic heterocycles. The van der Waals surface area contributed by atoms with Gasteiger partial charge >= 0.3 is 0 Å². The minimum Gasteiger partial charge on any atom is -0.395 e. The normalized spacial score (nSPS) is 17.6. The van der Waals surface area contributed by atoms with Crippen LogP contribution in [0.5, 0.6) is 0 Å². The third-order valence-electron chi connectivity index (χ3n) is 3.84. The van der Waals surface area contributed by atoms with Crippen LogP contribution < -0.4 is 5.73 Å². The quantitative estimate of drug-likeness (QED) is 0.793. The topological polar surface area (TPSA) is 52.7 Å². The molecule has 1 aromatic rings. The van der Waals surface area contributed by atoms with E-state index in [1.54, 1.807) is 18.2 Å². The molecule has 0 atom stereocenters. The summed E-state index contributed by atoms with van der Waals surface area (Å²) in [6, 6.07) is 5.20. The van der Waals surface area contributed by atoms with Gasteiger partial charge in [-0.2, -0.15) is 0 Å². The Labute approximate surface area is 130 Å². The fourth-order valence-electron chi connectivity index (χ4n) is 2.68. The first-order valence-corrected chi connectivity index (χ1v) is 7.65. The van der Waals surface area contributed by atoms with Crippen molar-refractivity contribution in [1.82, 2.24) is 9.80 Å². The van der Waals surface area contributed by atoms with Gasteiger partial charge in [0.2, 0.25) is 0 Å². The Kier molecular flexibility index (Phi) is 6.05. The Hall–Kier alpha value is -1.08. The maximum atomic E-state index is 14.3. The van der Waals surface area contributed by atoms with Crippen LogP contribution in [-0.4, -0.2) is 59.2 Å². The molecule has 0 unspecified atom stereocenters. The number of rotatable bonds is 5. The van der Waals surface area contributed by atoms with Gasteiger partial charge in [0.1, 0.15) is 10.8 Å². The van der Waals surface area contributed by atoms with Gasteiger partial charge in [-0.25, -0.2) is 4.39 Å². The summed E-state index contributed by atoms with van der Waals surface area (Å²) >= 11 is 4.87. The lowest BCUT2D eigenvalue weighted by atomic mass is 10.1. The van der Waals surface area contributed by atoms with Crippen molar-refractivity contribution in [3.8, 4) is 0 Å². The second-order valence-corrected chi connectivity index (χ2v) is 5.78. The van der Waals surface area contributed by atoms with Crippen LogP contribution in [0, 0.1) is 5.82 Å². The maximum Gasteiger partial charge on any atom is 0.137 e. The highest BCUT2D eigenvalue weighted by Crippen LogP contribution is 2.16. The molecule has 0 aliphatic carbocycles. The molecule has 116 valence electrons. The van der Waals surface area contributed by atoms with E-state index in [0.29, 0.717) is 24.2 Å². The predicted octanol–water partition coefficient (Wildman–Crippen LogP) is 0.960. The fourth-order valence-corrected chi connectivity index (χ4v) is 2.84. The Balaban J connectivity index is 2.02. The summed E-state index contributed by atoms with van der Waals surface area (Å²) < 4.78 is 14.3. The minimum atomic E-state index is -0.304. The van der Waals surface area contributed by atoms with Gasteiger partial charge < -0.3 is 10.8 Å². The molecule has 0 spiro atoms. The number of nitrogens with zero attached hydrogens (tertiary/aromatic N) is 2. The minimum absolute atomic E-state index is 0.0966. The lowest BCUT2D eigenvalue weighted by Gasteiger charge is -2.21. The zero-order valence-electron chi connectivity index (χ0n) is 12.1. The van der Waals surface area contributed by atoms with E-state index in [1.807, 2.05) is 0 Å². The third-order valence-corrected chi connectivity index (χ3v) is 4.06. The first kappa shape index (κ1) is 16.3. The van der Waals surface area contributed by atoms with Gasteiger partial charge in [0, 0.05) is 37.3 Å². The van der Waals surface area contributed by atoms with Gasteiger partial charge in [0.25, 0.3) is 0 Å². The molecular weight excluding hydrogens is 289 g/mol. The third kappa shape index (κ3) is 4.44. The van der Waals surface area contributed by atoms with Crippen LogP contribution in [0.15, 0.2) is 18.2 Å². The lowest BCUT2D eigenvalue weighted by Crippen LogP contribution is -2.32. The number of hydrogen-bond acceptors (Lipinski definition) is 4. The van der Waals surface area contributed by atoms with E-state index in [9.17, 15) is 4.39 Å². The van der Waals surface area contributed by atoms with Crippen LogP contribution in [0.1, 0.15) is 17.5 Å². The number of halogens is 1. The monoisotopic (exact) mass is 311 g/mol. The van der Waals surface area contributed by atoms with Crippen molar-refractivity contribution in [1.29, 1.82) is 0 Å². The van der Waals surface area contributed by atoms with Gasteiger partial charge in [-0.05, 0) is 25.6 Å². The number of aliphatic hydroxyl groups excluding tert-OH is 1. The van der Waals surface area contributed by atoms with Gasteiger partial charge in [0.15, 0.2) is 0 Å². The molecule has 1 aliphatic heterocycles. The van der Waals surface area contributed by atoms with Crippen molar-refractivity contribution >= 4 is 17.2 Å². The maximum absolute atomic E-state index is 14.3. The van der Waals surface area contributed by atoms with Gasteiger partial charge in [-0.15, -0.1) is 0 Å². The molecule has 1 saturated heterocycles. The first-order valence-electron chi connectivity index (χ1n) is 7.24. The van der Waals surface area contributed by atoms with Crippen molar-refractivity contribution in [2.24, 2.45) is 5.73 Å². The molecule has 4 nitrogen and oxygen atoms in total. The zero-order chi connectivity index (χ0) is 15.2. The summed E-state index contributed by atoms with van der Waals surface area (Å²) in [5, 5.41) is 9.00. The predicted molar refractivity (Wildman–Crippen MR) is 85.7 cm³/mol. The van der Waals surface area contributed by atoms with E-state index in [2.05, 4.69) is 9.80 Å². The number of aliphatic hydroxyl groups is 1. The number of thiocarbonyl (C=S) groups is 1. The Morgan fingerprint density at radius 3 is 2.67 bits per heavy atom. The number of hydrogen-bond donors (Lipinski definition) is 2. The average Bonchev–Trinajstić information content (AvgIpc) is 2.67. The molecule has 3 N–H and O–H groups in total. The number of nitrogens with two attached hydrogens (primary N) is 1. The van der Waals surface area contributed by atoms with E-state index < -0.39 is 0 Å². The lowest BCUT2D eigenvalue weighted by molar-refractivity contribution is 0.195. The summed E-state index contributed by atoms with van der Waals surface area (Å²) in [4.78, 5) is 4.57. The van der Waals surface area contributed by atoms with Crippen molar-refractivity contribution in [2.75, 3.05) is 39.3 Å². The number of benzene rings is 1. The van der Waals surface area contributed by atoms with Crippen LogP contribution >= 0.6 is 12.2 Å². The molecule has 1 heterocycles. The standard InChI is InChI=1S/C15H22FN3OS/c16-14-12(3-1-4-13(14)15(17)21)11-19-6-2-5-18(7-8-19)9-10-20/h1,3-4,20H,2,5-11H2,(H2,17,21). The average molecular weight is 311 g/mol.